The van der Waals surface area contributed by atoms with Gasteiger partial charge in [-0.3, -0.25) is 9.59 Å². The van der Waals surface area contributed by atoms with Gasteiger partial charge in [0.2, 0.25) is 0 Å². The highest BCUT2D eigenvalue weighted by atomic mass is 19.3. The normalized spacial score (nSPS) is 17.6. The Balaban J connectivity index is 1.20. The fourth-order valence-electron chi connectivity index (χ4n) is 5.54. The monoisotopic (exact) mass is 564 g/mol. The zero-order valence-corrected chi connectivity index (χ0v) is 22.9. The van der Waals surface area contributed by atoms with Gasteiger partial charge in [0.05, 0.1) is 26.3 Å². The molecule has 41 heavy (non-hydrogen) atoms. The second kappa shape index (κ2) is 10.5. The van der Waals surface area contributed by atoms with E-state index in [-0.39, 0.29) is 37.7 Å². The van der Waals surface area contributed by atoms with Gasteiger partial charge in [-0.2, -0.15) is 0 Å². The lowest BCUT2D eigenvalue weighted by Gasteiger charge is -2.33. The number of benzene rings is 2. The van der Waals surface area contributed by atoms with Crippen LogP contribution in [0.4, 0.5) is 20.3 Å². The molecule has 11 heteroatoms. The summed E-state index contributed by atoms with van der Waals surface area (Å²) < 4.78 is 43.7. The number of likely N-dealkylation sites (tertiary alicyclic amines) is 1. The molecule has 4 heterocycles. The summed E-state index contributed by atoms with van der Waals surface area (Å²) in [5.74, 6) is -0.769. The number of piperidine rings is 1. The first kappa shape index (κ1) is 26.8. The van der Waals surface area contributed by atoms with Crippen LogP contribution in [-0.4, -0.2) is 73.0 Å². The molecule has 0 bridgehead atoms. The third kappa shape index (κ3) is 5.12. The van der Waals surface area contributed by atoms with Gasteiger partial charge in [0.1, 0.15) is 18.1 Å². The number of pyridine rings is 1. The minimum atomic E-state index is -2.73. The molecule has 3 aliphatic rings. The number of amides is 2. The number of ether oxygens (including phenoxy) is 3. The van der Waals surface area contributed by atoms with Gasteiger partial charge in [-0.1, -0.05) is 0 Å². The van der Waals surface area contributed by atoms with Crippen LogP contribution in [0.3, 0.4) is 0 Å². The van der Waals surface area contributed by atoms with Crippen molar-refractivity contribution in [2.75, 3.05) is 45.4 Å². The molecule has 0 saturated carbocycles. The number of alkyl halides is 2. The van der Waals surface area contributed by atoms with E-state index in [1.165, 1.54) is 11.1 Å². The lowest BCUT2D eigenvalue weighted by Crippen LogP contribution is -2.42. The maximum atomic E-state index is 13.5. The summed E-state index contributed by atoms with van der Waals surface area (Å²) in [4.78, 5) is 35.9. The van der Waals surface area contributed by atoms with Gasteiger partial charge in [0.25, 0.3) is 17.7 Å². The fraction of sp³-hybridized carbons (Fsp3) is 0.367. The number of aromatic nitrogens is 1. The number of rotatable bonds is 6. The molecule has 1 fully saturated rings. The third-order valence-corrected chi connectivity index (χ3v) is 7.82. The third-order valence-electron chi connectivity index (χ3n) is 7.82. The van der Waals surface area contributed by atoms with E-state index < -0.39 is 5.92 Å². The molecular formula is C30H30F2N4O5. The van der Waals surface area contributed by atoms with Gasteiger partial charge >= 0.3 is 0 Å². The maximum absolute atomic E-state index is 13.5. The van der Waals surface area contributed by atoms with Gasteiger partial charge < -0.3 is 28.9 Å². The van der Waals surface area contributed by atoms with Crippen molar-refractivity contribution in [1.29, 1.82) is 0 Å². The maximum Gasteiger partial charge on any atom is 0.255 e. The molecule has 9 nitrogen and oxygen atoms in total. The van der Waals surface area contributed by atoms with E-state index >= 15 is 0 Å². The van der Waals surface area contributed by atoms with Crippen LogP contribution in [0.1, 0.15) is 44.7 Å². The number of hydrogen-bond acceptors (Lipinski definition) is 7. The summed E-state index contributed by atoms with van der Waals surface area (Å²) in [5, 5.41) is 0. The molecule has 214 valence electrons. The van der Waals surface area contributed by atoms with Crippen molar-refractivity contribution in [3.63, 3.8) is 0 Å². The van der Waals surface area contributed by atoms with E-state index in [2.05, 4.69) is 4.98 Å². The van der Waals surface area contributed by atoms with Crippen LogP contribution < -0.4 is 19.1 Å². The van der Waals surface area contributed by atoms with E-state index in [9.17, 15) is 18.4 Å². The molecule has 0 unspecified atom stereocenters. The smallest absolute Gasteiger partial charge is 0.255 e. The van der Waals surface area contributed by atoms with Crippen molar-refractivity contribution in [3.8, 4) is 17.2 Å². The number of nitrogens with zero attached hydrogens (tertiary/aromatic N) is 4. The van der Waals surface area contributed by atoms with Crippen LogP contribution >= 0.6 is 0 Å². The van der Waals surface area contributed by atoms with Gasteiger partial charge in [-0.25, -0.2) is 13.8 Å². The Hall–Kier alpha value is -4.41. The lowest BCUT2D eigenvalue weighted by atomic mass is 10.1. The molecule has 1 aromatic heterocycles. The highest BCUT2D eigenvalue weighted by Gasteiger charge is 2.36. The number of carbonyl (C=O) groups excluding carboxylic acids is 2. The van der Waals surface area contributed by atoms with Crippen molar-refractivity contribution in [1.82, 2.24) is 14.8 Å². The van der Waals surface area contributed by atoms with Crippen molar-refractivity contribution in [2.45, 2.75) is 31.9 Å². The van der Waals surface area contributed by atoms with E-state index in [4.69, 9.17) is 14.2 Å². The van der Waals surface area contributed by atoms with Gasteiger partial charge in [0.15, 0.2) is 11.6 Å². The second-order valence-electron chi connectivity index (χ2n) is 10.4. The summed E-state index contributed by atoms with van der Waals surface area (Å²) in [6.45, 7) is 1.77. The molecule has 0 atom stereocenters. The first-order chi connectivity index (χ1) is 19.8. The molecule has 2 aromatic carbocycles. The van der Waals surface area contributed by atoms with Crippen LogP contribution in [0.2, 0.25) is 0 Å². The molecule has 0 N–H and O–H groups in total. The lowest BCUT2D eigenvalue weighted by molar-refractivity contribution is -0.0494. The van der Waals surface area contributed by atoms with Gasteiger partial charge in [-0.15, -0.1) is 0 Å². The quantitative estimate of drug-likeness (QED) is 0.431. The first-order valence-corrected chi connectivity index (χ1v) is 13.5. The van der Waals surface area contributed by atoms with Crippen LogP contribution in [0.5, 0.6) is 17.2 Å². The van der Waals surface area contributed by atoms with Crippen molar-refractivity contribution < 1.29 is 32.6 Å². The highest BCUT2D eigenvalue weighted by molar-refractivity contribution is 5.99. The average Bonchev–Trinajstić information content (AvgIpc) is 3.30. The number of methoxy groups -OCH3 is 2. The Morgan fingerprint density at radius 3 is 2.61 bits per heavy atom. The molecule has 3 aromatic rings. The zero-order valence-electron chi connectivity index (χ0n) is 22.9. The number of hydrogen-bond donors (Lipinski definition) is 0. The second-order valence-corrected chi connectivity index (χ2v) is 10.4. The van der Waals surface area contributed by atoms with E-state index in [0.29, 0.717) is 60.4 Å². The number of anilines is 2. The molecule has 6 rings (SSSR count). The van der Waals surface area contributed by atoms with Gasteiger partial charge in [0, 0.05) is 68.1 Å². The van der Waals surface area contributed by atoms with E-state index in [1.807, 2.05) is 35.2 Å². The van der Waals surface area contributed by atoms with Crippen LogP contribution in [0.25, 0.3) is 0 Å². The minimum Gasteiger partial charge on any atom is -0.497 e. The molecule has 0 aliphatic carbocycles. The number of carbonyl (C=O) groups is 2. The average molecular weight is 565 g/mol. The molecule has 3 aliphatic heterocycles. The summed E-state index contributed by atoms with van der Waals surface area (Å²) in [5.41, 5.74) is 3.59. The van der Waals surface area contributed by atoms with Crippen molar-refractivity contribution in [2.24, 2.45) is 0 Å². The summed E-state index contributed by atoms with van der Waals surface area (Å²) in [6.07, 6.45) is 0.789. The zero-order chi connectivity index (χ0) is 28.7. The summed E-state index contributed by atoms with van der Waals surface area (Å²) in [7, 11) is 3.18. The first-order valence-electron chi connectivity index (χ1n) is 13.5. The molecule has 0 radical (unpaired) electrons. The largest absolute Gasteiger partial charge is 0.497 e. The predicted molar refractivity (Wildman–Crippen MR) is 146 cm³/mol. The van der Waals surface area contributed by atoms with Crippen LogP contribution in [0, 0.1) is 0 Å². The molecule has 0 spiro atoms. The summed E-state index contributed by atoms with van der Waals surface area (Å²) in [6, 6.07) is 12.9. The SMILES string of the molecule is COc1ccc(CN2Cc3cc(N4CCOc5cc(C(=O)N6CCC(F)(F)CC6)cnc54)ccc3C2=O)c(OC)c1. The van der Waals surface area contributed by atoms with Crippen LogP contribution in [-0.2, 0) is 13.1 Å². The van der Waals surface area contributed by atoms with Gasteiger partial charge in [-0.05, 0) is 42.0 Å². The molecule has 1 saturated heterocycles. The van der Waals surface area contributed by atoms with Crippen molar-refractivity contribution in [3.05, 3.63) is 70.9 Å². The number of halogens is 2. The van der Waals surface area contributed by atoms with Crippen molar-refractivity contribution >= 4 is 23.3 Å². The fourth-order valence-corrected chi connectivity index (χ4v) is 5.54. The Labute approximate surface area is 236 Å². The highest BCUT2D eigenvalue weighted by Crippen LogP contribution is 2.38. The standard InChI is InChI=1S/C30H30F2N4O5/c1-39-23-5-3-19(25(15-23)40-2)17-35-18-21-13-22(4-6-24(21)29(35)38)36-11-12-41-26-14-20(16-33-27(26)36)28(37)34-9-7-30(31,32)8-10-34/h3-6,13-16H,7-12,17-18H2,1-2H3. The Bertz CT molecular complexity index is 1500. The predicted octanol–water partition coefficient (Wildman–Crippen LogP) is 4.66. The van der Waals surface area contributed by atoms with E-state index in [0.717, 1.165) is 16.8 Å². The number of fused-ring (bicyclic) bond motifs is 2. The minimum absolute atomic E-state index is 0.00596. The molecular weight excluding hydrogens is 534 g/mol. The van der Waals surface area contributed by atoms with E-state index in [1.54, 1.807) is 31.3 Å². The Morgan fingerprint density at radius 1 is 1.05 bits per heavy atom. The summed E-state index contributed by atoms with van der Waals surface area (Å²) >= 11 is 0. The molecule has 2 amide bonds. The Morgan fingerprint density at radius 2 is 1.85 bits per heavy atom. The van der Waals surface area contributed by atoms with Crippen LogP contribution in [0.15, 0.2) is 48.7 Å². The topological polar surface area (TPSA) is 84.4 Å². The Kier molecular flexibility index (Phi) is 6.88.